The highest BCUT2D eigenvalue weighted by molar-refractivity contribution is 5.74. The lowest BCUT2D eigenvalue weighted by Gasteiger charge is -2.35. The number of hydrogen-bond acceptors (Lipinski definition) is 2. The maximum absolute atomic E-state index is 11.6. The molecule has 0 radical (unpaired) electrons. The number of amides is 1. The first-order valence-electron chi connectivity index (χ1n) is 5.88. The molecule has 3 heteroatoms. The van der Waals surface area contributed by atoms with Gasteiger partial charge in [-0.15, -0.1) is 0 Å². The Kier molecular flexibility index (Phi) is 3.22. The van der Waals surface area contributed by atoms with Crippen LogP contribution in [0.4, 0.5) is 0 Å². The van der Waals surface area contributed by atoms with Crippen LogP contribution in [-0.2, 0) is 4.79 Å². The first-order chi connectivity index (χ1) is 7.70. The molecule has 0 bridgehead atoms. The number of aromatic nitrogens is 1. The van der Waals surface area contributed by atoms with E-state index in [1.807, 2.05) is 17.2 Å². The second-order valence-electron chi connectivity index (χ2n) is 4.46. The molecule has 86 valence electrons. The summed E-state index contributed by atoms with van der Waals surface area (Å²) in [6, 6.07) is 2.25. The van der Waals surface area contributed by atoms with Gasteiger partial charge < -0.3 is 4.90 Å². The van der Waals surface area contributed by atoms with E-state index in [0.717, 1.165) is 19.4 Å². The molecule has 16 heavy (non-hydrogen) atoms. The van der Waals surface area contributed by atoms with Crippen molar-refractivity contribution in [2.75, 3.05) is 6.54 Å². The zero-order valence-corrected chi connectivity index (χ0v) is 9.94. The molecule has 1 atom stereocenters. The number of piperidine rings is 1. The summed E-state index contributed by atoms with van der Waals surface area (Å²) in [5.74, 6) is 0.174. The number of hydrogen-bond donors (Lipinski definition) is 0. The maximum Gasteiger partial charge on any atom is 0.219 e. The molecule has 1 aliphatic heterocycles. The van der Waals surface area contributed by atoms with Gasteiger partial charge in [-0.2, -0.15) is 0 Å². The minimum absolute atomic E-state index is 0.174. The van der Waals surface area contributed by atoms with Crippen molar-refractivity contribution in [1.82, 2.24) is 9.88 Å². The van der Waals surface area contributed by atoms with Crippen molar-refractivity contribution in [3.63, 3.8) is 0 Å². The molecule has 0 aliphatic carbocycles. The summed E-state index contributed by atoms with van der Waals surface area (Å²) < 4.78 is 0. The van der Waals surface area contributed by atoms with Crippen LogP contribution in [0.2, 0.25) is 0 Å². The molecule has 2 heterocycles. The molecule has 2 rings (SSSR count). The zero-order valence-electron chi connectivity index (χ0n) is 9.94. The summed E-state index contributed by atoms with van der Waals surface area (Å²) in [6.07, 6.45) is 7.09. The molecule has 1 aromatic rings. The van der Waals surface area contributed by atoms with Crippen LogP contribution in [0.5, 0.6) is 0 Å². The normalized spacial score (nSPS) is 20.9. The number of carbonyl (C=O) groups excluding carboxylic acids is 1. The van der Waals surface area contributed by atoms with E-state index in [-0.39, 0.29) is 11.9 Å². The fourth-order valence-electron chi connectivity index (χ4n) is 2.46. The minimum Gasteiger partial charge on any atom is -0.336 e. The standard InChI is InChI=1S/C13H18N2O/c1-10-6-7-14-9-12(10)13-5-3-4-8-15(13)11(2)16/h6-7,9,13H,3-5,8H2,1-2H3. The maximum atomic E-state index is 11.6. The summed E-state index contributed by atoms with van der Waals surface area (Å²) in [6.45, 7) is 4.63. The summed E-state index contributed by atoms with van der Waals surface area (Å²) in [5.41, 5.74) is 2.44. The first-order valence-corrected chi connectivity index (χ1v) is 5.88. The van der Waals surface area contributed by atoms with Crippen LogP contribution >= 0.6 is 0 Å². The molecular weight excluding hydrogens is 200 g/mol. The van der Waals surface area contributed by atoms with Crippen molar-refractivity contribution in [2.24, 2.45) is 0 Å². The minimum atomic E-state index is 0.174. The predicted molar refractivity (Wildman–Crippen MR) is 63.0 cm³/mol. The summed E-state index contributed by atoms with van der Waals surface area (Å²) >= 11 is 0. The van der Waals surface area contributed by atoms with Crippen molar-refractivity contribution in [2.45, 2.75) is 39.2 Å². The van der Waals surface area contributed by atoms with Crippen LogP contribution in [0.25, 0.3) is 0 Å². The molecule has 1 saturated heterocycles. The van der Waals surface area contributed by atoms with Crippen LogP contribution < -0.4 is 0 Å². The van der Waals surface area contributed by atoms with Gasteiger partial charge in [0.15, 0.2) is 0 Å². The van der Waals surface area contributed by atoms with Crippen LogP contribution in [0, 0.1) is 6.92 Å². The highest BCUT2D eigenvalue weighted by atomic mass is 16.2. The number of nitrogens with zero attached hydrogens (tertiary/aromatic N) is 2. The lowest BCUT2D eigenvalue weighted by atomic mass is 9.94. The van der Waals surface area contributed by atoms with Crippen LogP contribution in [0.3, 0.4) is 0 Å². The molecule has 1 fully saturated rings. The van der Waals surface area contributed by atoms with E-state index in [9.17, 15) is 4.79 Å². The molecule has 0 spiro atoms. The SMILES string of the molecule is CC(=O)N1CCCCC1c1cnccc1C. The Bertz CT molecular complexity index is 389. The van der Waals surface area contributed by atoms with Crippen molar-refractivity contribution in [3.8, 4) is 0 Å². The molecule has 0 aromatic carbocycles. The topological polar surface area (TPSA) is 33.2 Å². The Hall–Kier alpha value is -1.38. The highest BCUT2D eigenvalue weighted by Gasteiger charge is 2.26. The van der Waals surface area contributed by atoms with E-state index >= 15 is 0 Å². The van der Waals surface area contributed by atoms with Crippen molar-refractivity contribution < 1.29 is 4.79 Å². The van der Waals surface area contributed by atoms with Crippen molar-refractivity contribution in [3.05, 3.63) is 29.6 Å². The third-order valence-electron chi connectivity index (χ3n) is 3.35. The Balaban J connectivity index is 2.30. The number of carbonyl (C=O) groups is 1. The van der Waals surface area contributed by atoms with Gasteiger partial charge in [0.25, 0.3) is 0 Å². The van der Waals surface area contributed by atoms with Gasteiger partial charge in [0.05, 0.1) is 6.04 Å². The lowest BCUT2D eigenvalue weighted by molar-refractivity contribution is -0.132. The Morgan fingerprint density at radius 3 is 3.00 bits per heavy atom. The van der Waals surface area contributed by atoms with E-state index in [1.165, 1.54) is 17.5 Å². The Morgan fingerprint density at radius 1 is 1.50 bits per heavy atom. The highest BCUT2D eigenvalue weighted by Crippen LogP contribution is 2.31. The molecule has 1 amide bonds. The molecule has 0 saturated carbocycles. The average Bonchev–Trinajstić information content (AvgIpc) is 2.29. The van der Waals surface area contributed by atoms with E-state index in [2.05, 4.69) is 11.9 Å². The predicted octanol–water partition coefficient (Wildman–Crippen LogP) is 2.46. The second-order valence-corrected chi connectivity index (χ2v) is 4.46. The lowest BCUT2D eigenvalue weighted by Crippen LogP contribution is -2.37. The van der Waals surface area contributed by atoms with Gasteiger partial charge in [0.1, 0.15) is 0 Å². The Labute approximate surface area is 96.5 Å². The molecule has 3 nitrogen and oxygen atoms in total. The third-order valence-corrected chi connectivity index (χ3v) is 3.35. The third kappa shape index (κ3) is 2.08. The molecule has 0 N–H and O–H groups in total. The largest absolute Gasteiger partial charge is 0.336 e. The fraction of sp³-hybridized carbons (Fsp3) is 0.538. The average molecular weight is 218 g/mol. The molecular formula is C13H18N2O. The number of pyridine rings is 1. The summed E-state index contributed by atoms with van der Waals surface area (Å²) in [4.78, 5) is 17.8. The van der Waals surface area contributed by atoms with Gasteiger partial charge in [-0.25, -0.2) is 0 Å². The van der Waals surface area contributed by atoms with Gasteiger partial charge in [0.2, 0.25) is 5.91 Å². The van der Waals surface area contributed by atoms with E-state index in [1.54, 1.807) is 13.1 Å². The monoisotopic (exact) mass is 218 g/mol. The molecule has 1 aliphatic rings. The van der Waals surface area contributed by atoms with Crippen LogP contribution in [0.1, 0.15) is 43.4 Å². The van der Waals surface area contributed by atoms with Gasteiger partial charge in [0, 0.05) is 25.9 Å². The zero-order chi connectivity index (χ0) is 11.5. The van der Waals surface area contributed by atoms with Gasteiger partial charge >= 0.3 is 0 Å². The van der Waals surface area contributed by atoms with Crippen molar-refractivity contribution >= 4 is 5.91 Å². The summed E-state index contributed by atoms with van der Waals surface area (Å²) in [5, 5.41) is 0. The summed E-state index contributed by atoms with van der Waals surface area (Å²) in [7, 11) is 0. The number of rotatable bonds is 1. The molecule has 1 aromatic heterocycles. The number of likely N-dealkylation sites (tertiary alicyclic amines) is 1. The Morgan fingerprint density at radius 2 is 2.31 bits per heavy atom. The quantitative estimate of drug-likeness (QED) is 0.725. The van der Waals surface area contributed by atoms with Gasteiger partial charge in [-0.3, -0.25) is 9.78 Å². The van der Waals surface area contributed by atoms with E-state index in [0.29, 0.717) is 0 Å². The van der Waals surface area contributed by atoms with E-state index in [4.69, 9.17) is 0 Å². The van der Waals surface area contributed by atoms with Crippen LogP contribution in [0.15, 0.2) is 18.5 Å². The molecule has 1 unspecified atom stereocenters. The smallest absolute Gasteiger partial charge is 0.219 e. The van der Waals surface area contributed by atoms with Gasteiger partial charge in [-0.05, 0) is 43.4 Å². The second kappa shape index (κ2) is 4.64. The first kappa shape index (κ1) is 11.1. The van der Waals surface area contributed by atoms with E-state index < -0.39 is 0 Å². The number of aryl methyl sites for hydroxylation is 1. The van der Waals surface area contributed by atoms with Gasteiger partial charge in [-0.1, -0.05) is 0 Å². The van der Waals surface area contributed by atoms with Crippen molar-refractivity contribution in [1.29, 1.82) is 0 Å². The fourth-order valence-corrected chi connectivity index (χ4v) is 2.46. The van der Waals surface area contributed by atoms with Crippen LogP contribution in [-0.4, -0.2) is 22.3 Å².